The molecule has 0 saturated carbocycles. The Hall–Kier alpha value is -1.75. The van der Waals surface area contributed by atoms with Gasteiger partial charge in [0.05, 0.1) is 19.3 Å². The van der Waals surface area contributed by atoms with Crippen LogP contribution in [0.3, 0.4) is 0 Å². The summed E-state index contributed by atoms with van der Waals surface area (Å²) in [7, 11) is 3.31. The maximum atomic E-state index is 11.3. The second-order valence-corrected chi connectivity index (χ2v) is 4.70. The summed E-state index contributed by atoms with van der Waals surface area (Å²) < 4.78 is 10.9. The lowest BCUT2D eigenvalue weighted by molar-refractivity contribution is -0.124. The van der Waals surface area contributed by atoms with Gasteiger partial charge in [0.15, 0.2) is 11.5 Å². The highest BCUT2D eigenvalue weighted by molar-refractivity contribution is 5.84. The Morgan fingerprint density at radius 3 is 2.63 bits per heavy atom. The number of amides is 1. The molecule has 1 aromatic rings. The molecule has 5 nitrogen and oxygen atoms in total. The smallest absolute Gasteiger partial charge is 0.237 e. The summed E-state index contributed by atoms with van der Waals surface area (Å²) in [5.74, 6) is 0.954. The average molecular weight is 266 g/mol. The number of aryl methyl sites for hydroxylation is 1. The molecule has 0 bridgehead atoms. The van der Waals surface area contributed by atoms with Crippen molar-refractivity contribution in [2.24, 2.45) is 5.73 Å². The molecule has 0 spiro atoms. The lowest BCUT2D eigenvalue weighted by atomic mass is 9.98. The summed E-state index contributed by atoms with van der Waals surface area (Å²) >= 11 is 0. The number of methoxy groups -OCH3 is 1. The summed E-state index contributed by atoms with van der Waals surface area (Å²) in [6, 6.07) is 5.71. The quantitative estimate of drug-likeness (QED) is 0.778. The molecule has 3 N–H and O–H groups in total. The zero-order chi connectivity index (χ0) is 14.5. The molecule has 1 aromatic carbocycles. The van der Waals surface area contributed by atoms with Gasteiger partial charge in [0.1, 0.15) is 0 Å². The highest BCUT2D eigenvalue weighted by atomic mass is 16.5. The van der Waals surface area contributed by atoms with Crippen LogP contribution in [0.1, 0.15) is 18.9 Å². The minimum atomic E-state index is -0.766. The third kappa shape index (κ3) is 3.86. The van der Waals surface area contributed by atoms with Crippen molar-refractivity contribution in [3.05, 3.63) is 23.8 Å². The molecule has 0 aliphatic heterocycles. The molecule has 1 atom stereocenters. The van der Waals surface area contributed by atoms with E-state index >= 15 is 0 Å². The number of carbonyl (C=O) groups excluding carboxylic acids is 1. The fourth-order valence-electron chi connectivity index (χ4n) is 1.63. The minimum absolute atomic E-state index is 0.375. The number of rotatable bonds is 7. The van der Waals surface area contributed by atoms with Gasteiger partial charge in [-0.25, -0.2) is 0 Å². The molecule has 106 valence electrons. The number of nitrogens with one attached hydrogen (secondary N) is 1. The molecule has 0 aliphatic rings. The van der Waals surface area contributed by atoms with Crippen LogP contribution in [0.2, 0.25) is 0 Å². The first kappa shape index (κ1) is 15.3. The lowest BCUT2D eigenvalue weighted by Crippen LogP contribution is -2.52. The van der Waals surface area contributed by atoms with E-state index in [9.17, 15) is 4.79 Å². The maximum absolute atomic E-state index is 11.3. The van der Waals surface area contributed by atoms with E-state index in [2.05, 4.69) is 5.32 Å². The molecule has 0 aromatic heterocycles. The van der Waals surface area contributed by atoms with E-state index in [1.807, 2.05) is 25.1 Å². The van der Waals surface area contributed by atoms with Crippen LogP contribution in [0.25, 0.3) is 0 Å². The monoisotopic (exact) mass is 266 g/mol. The normalized spacial score (nSPS) is 13.7. The number of carbonyl (C=O) groups is 1. The number of hydrogen-bond acceptors (Lipinski definition) is 4. The predicted molar refractivity (Wildman–Crippen MR) is 74.5 cm³/mol. The summed E-state index contributed by atoms with van der Waals surface area (Å²) in [6.45, 7) is 4.11. The number of primary amides is 1. The van der Waals surface area contributed by atoms with Crippen molar-refractivity contribution in [1.82, 2.24) is 5.32 Å². The molecular formula is C14H22N2O3. The van der Waals surface area contributed by atoms with Crippen LogP contribution in [0.15, 0.2) is 18.2 Å². The van der Waals surface area contributed by atoms with Crippen LogP contribution < -0.4 is 20.5 Å². The van der Waals surface area contributed by atoms with Crippen molar-refractivity contribution >= 4 is 5.91 Å². The van der Waals surface area contributed by atoms with E-state index in [4.69, 9.17) is 15.2 Å². The van der Waals surface area contributed by atoms with Gasteiger partial charge in [-0.05, 0) is 38.6 Å². The predicted octanol–water partition coefficient (Wildman–Crippen LogP) is 1.24. The Labute approximate surface area is 114 Å². The van der Waals surface area contributed by atoms with Crippen molar-refractivity contribution in [2.75, 3.05) is 20.8 Å². The highest BCUT2D eigenvalue weighted by Crippen LogP contribution is 2.28. The molecular weight excluding hydrogens is 244 g/mol. The van der Waals surface area contributed by atoms with Crippen LogP contribution in [-0.2, 0) is 4.79 Å². The second-order valence-electron chi connectivity index (χ2n) is 4.70. The molecule has 1 rings (SSSR count). The molecule has 0 radical (unpaired) electrons. The van der Waals surface area contributed by atoms with Gasteiger partial charge in [-0.1, -0.05) is 6.07 Å². The van der Waals surface area contributed by atoms with Gasteiger partial charge in [-0.3, -0.25) is 4.79 Å². The van der Waals surface area contributed by atoms with E-state index in [0.29, 0.717) is 24.5 Å². The topological polar surface area (TPSA) is 73.6 Å². The Balaban J connectivity index is 2.65. The van der Waals surface area contributed by atoms with Crippen molar-refractivity contribution in [3.63, 3.8) is 0 Å². The highest BCUT2D eigenvalue weighted by Gasteiger charge is 2.28. The van der Waals surface area contributed by atoms with Gasteiger partial charge in [0.2, 0.25) is 5.91 Å². The van der Waals surface area contributed by atoms with Crippen LogP contribution in [-0.4, -0.2) is 32.2 Å². The number of nitrogens with two attached hydrogens (primary N) is 1. The number of benzene rings is 1. The zero-order valence-electron chi connectivity index (χ0n) is 11.9. The SMILES string of the molecule is CNC(C)(CCOc1ccc(C)cc1OC)C(N)=O. The standard InChI is InChI=1S/C14H22N2O3/c1-10-5-6-11(12(9-10)18-4)19-8-7-14(2,16-3)13(15)17/h5-6,9,16H,7-8H2,1-4H3,(H2,15,17). The Kier molecular flexibility index (Phi) is 5.18. The summed E-state index contributed by atoms with van der Waals surface area (Å²) in [5.41, 5.74) is 5.69. The Bertz CT molecular complexity index is 448. The first-order valence-electron chi connectivity index (χ1n) is 6.19. The Morgan fingerprint density at radius 2 is 2.11 bits per heavy atom. The summed E-state index contributed by atoms with van der Waals surface area (Å²) in [5, 5.41) is 2.92. The number of likely N-dealkylation sites (N-methyl/N-ethyl adjacent to an activating group) is 1. The largest absolute Gasteiger partial charge is 0.493 e. The van der Waals surface area contributed by atoms with Gasteiger partial charge >= 0.3 is 0 Å². The fourth-order valence-corrected chi connectivity index (χ4v) is 1.63. The van der Waals surface area contributed by atoms with E-state index < -0.39 is 11.4 Å². The second kappa shape index (κ2) is 6.43. The number of ether oxygens (including phenoxy) is 2. The van der Waals surface area contributed by atoms with Crippen LogP contribution >= 0.6 is 0 Å². The summed E-state index contributed by atoms with van der Waals surface area (Å²) in [6.07, 6.45) is 0.482. The van der Waals surface area contributed by atoms with Gasteiger partial charge in [-0.2, -0.15) is 0 Å². The summed E-state index contributed by atoms with van der Waals surface area (Å²) in [4.78, 5) is 11.3. The third-order valence-electron chi connectivity index (χ3n) is 3.27. The molecule has 0 heterocycles. The molecule has 19 heavy (non-hydrogen) atoms. The minimum Gasteiger partial charge on any atom is -0.493 e. The Morgan fingerprint density at radius 1 is 1.42 bits per heavy atom. The third-order valence-corrected chi connectivity index (χ3v) is 3.27. The van der Waals surface area contributed by atoms with Crippen molar-refractivity contribution in [3.8, 4) is 11.5 Å². The van der Waals surface area contributed by atoms with Gasteiger partial charge < -0.3 is 20.5 Å². The molecule has 0 saturated heterocycles. The van der Waals surface area contributed by atoms with Crippen molar-refractivity contribution in [2.45, 2.75) is 25.8 Å². The molecule has 0 fully saturated rings. The van der Waals surface area contributed by atoms with E-state index in [1.165, 1.54) is 0 Å². The fraction of sp³-hybridized carbons (Fsp3) is 0.500. The van der Waals surface area contributed by atoms with E-state index in [-0.39, 0.29) is 0 Å². The molecule has 0 aliphatic carbocycles. The van der Waals surface area contributed by atoms with Crippen LogP contribution in [0.4, 0.5) is 0 Å². The van der Waals surface area contributed by atoms with E-state index in [0.717, 1.165) is 5.56 Å². The first-order chi connectivity index (χ1) is 8.92. The zero-order valence-corrected chi connectivity index (χ0v) is 11.9. The number of hydrogen-bond donors (Lipinski definition) is 2. The molecule has 5 heteroatoms. The van der Waals surface area contributed by atoms with Gasteiger partial charge in [0, 0.05) is 6.42 Å². The molecule has 1 amide bonds. The van der Waals surface area contributed by atoms with Gasteiger partial charge in [-0.15, -0.1) is 0 Å². The van der Waals surface area contributed by atoms with E-state index in [1.54, 1.807) is 21.1 Å². The maximum Gasteiger partial charge on any atom is 0.237 e. The average Bonchev–Trinajstić information content (AvgIpc) is 2.39. The lowest BCUT2D eigenvalue weighted by Gasteiger charge is -2.25. The van der Waals surface area contributed by atoms with Crippen molar-refractivity contribution in [1.29, 1.82) is 0 Å². The van der Waals surface area contributed by atoms with Crippen molar-refractivity contribution < 1.29 is 14.3 Å². The molecule has 1 unspecified atom stereocenters. The first-order valence-corrected chi connectivity index (χ1v) is 6.19. The van der Waals surface area contributed by atoms with Crippen LogP contribution in [0, 0.1) is 6.92 Å². The van der Waals surface area contributed by atoms with Gasteiger partial charge in [0.25, 0.3) is 0 Å². The van der Waals surface area contributed by atoms with Crippen LogP contribution in [0.5, 0.6) is 11.5 Å².